The molecule has 30 heavy (non-hydrogen) atoms. The fourth-order valence-corrected chi connectivity index (χ4v) is 2.72. The Kier molecular flexibility index (Phi) is 6.11. The summed E-state index contributed by atoms with van der Waals surface area (Å²) in [5.74, 6) is 0.840. The van der Waals surface area contributed by atoms with Crippen LogP contribution in [0.5, 0.6) is 17.2 Å². The molecule has 1 heterocycles. The zero-order chi connectivity index (χ0) is 21.7. The van der Waals surface area contributed by atoms with E-state index in [1.165, 1.54) is 45.6 Å². The first-order valence-corrected chi connectivity index (χ1v) is 8.70. The fraction of sp³-hybridized carbons (Fsp3) is 0.143. The quantitative estimate of drug-likeness (QED) is 0.297. The number of rotatable bonds is 7. The molecular weight excluding hydrogens is 392 g/mol. The van der Waals surface area contributed by atoms with E-state index in [-0.39, 0.29) is 17.3 Å². The van der Waals surface area contributed by atoms with Crippen molar-refractivity contribution in [3.8, 4) is 17.2 Å². The van der Waals surface area contributed by atoms with E-state index in [9.17, 15) is 14.9 Å². The third kappa shape index (κ3) is 4.46. The van der Waals surface area contributed by atoms with Crippen LogP contribution in [-0.4, -0.2) is 38.1 Å². The molecule has 3 rings (SSSR count). The number of benzene rings is 2. The molecule has 0 fully saturated rings. The molecule has 2 aromatic carbocycles. The van der Waals surface area contributed by atoms with Crippen LogP contribution in [0.4, 0.5) is 5.69 Å². The summed E-state index contributed by atoms with van der Waals surface area (Å²) in [6.07, 6.45) is 4.54. The number of hydrogen-bond acceptors (Lipinski definition) is 8. The van der Waals surface area contributed by atoms with Crippen molar-refractivity contribution < 1.29 is 28.7 Å². The van der Waals surface area contributed by atoms with E-state index in [4.69, 9.17) is 18.9 Å². The molecule has 9 heteroatoms. The molecule has 0 bridgehead atoms. The number of carbonyl (C=O) groups is 1. The van der Waals surface area contributed by atoms with Crippen molar-refractivity contribution in [2.75, 3.05) is 21.3 Å². The van der Waals surface area contributed by atoms with E-state index in [0.29, 0.717) is 28.4 Å². The van der Waals surface area contributed by atoms with Gasteiger partial charge in [-0.15, -0.1) is 0 Å². The Hall–Kier alpha value is -4.14. The van der Waals surface area contributed by atoms with Crippen molar-refractivity contribution >= 4 is 29.7 Å². The lowest BCUT2D eigenvalue weighted by Gasteiger charge is -2.12. The van der Waals surface area contributed by atoms with Gasteiger partial charge in [-0.05, 0) is 23.8 Å². The lowest BCUT2D eigenvalue weighted by molar-refractivity contribution is -0.384. The highest BCUT2D eigenvalue weighted by atomic mass is 16.6. The predicted molar refractivity (Wildman–Crippen MR) is 110 cm³/mol. The van der Waals surface area contributed by atoms with Crippen LogP contribution in [0.1, 0.15) is 11.1 Å². The van der Waals surface area contributed by atoms with Crippen LogP contribution < -0.4 is 14.2 Å². The number of hydrogen-bond donors (Lipinski definition) is 0. The van der Waals surface area contributed by atoms with Gasteiger partial charge in [0.05, 0.1) is 26.3 Å². The maximum atomic E-state index is 12.2. The zero-order valence-corrected chi connectivity index (χ0v) is 16.4. The summed E-state index contributed by atoms with van der Waals surface area (Å²) in [6.45, 7) is 0. The predicted octanol–water partition coefficient (Wildman–Crippen LogP) is 3.63. The van der Waals surface area contributed by atoms with E-state index in [1.807, 2.05) is 0 Å². The summed E-state index contributed by atoms with van der Waals surface area (Å²) in [5, 5.41) is 10.9. The maximum absolute atomic E-state index is 12.2. The number of carbonyl (C=O) groups excluding carboxylic acids is 1. The molecule has 0 aromatic heterocycles. The molecule has 0 N–H and O–H groups in total. The second-order valence-electron chi connectivity index (χ2n) is 6.00. The summed E-state index contributed by atoms with van der Waals surface area (Å²) in [6, 6.07) is 9.34. The van der Waals surface area contributed by atoms with Crippen LogP contribution in [-0.2, 0) is 9.53 Å². The summed E-state index contributed by atoms with van der Waals surface area (Å²) >= 11 is 0. The second-order valence-corrected chi connectivity index (χ2v) is 6.00. The number of esters is 1. The van der Waals surface area contributed by atoms with E-state index in [0.717, 1.165) is 0 Å². The smallest absolute Gasteiger partial charge is 0.363 e. The fourth-order valence-electron chi connectivity index (χ4n) is 2.72. The third-order valence-corrected chi connectivity index (χ3v) is 4.16. The first-order valence-electron chi connectivity index (χ1n) is 8.70. The van der Waals surface area contributed by atoms with E-state index < -0.39 is 10.9 Å². The maximum Gasteiger partial charge on any atom is 0.363 e. The van der Waals surface area contributed by atoms with Gasteiger partial charge in [0.1, 0.15) is 5.75 Å². The van der Waals surface area contributed by atoms with Gasteiger partial charge in [0.2, 0.25) is 5.90 Å². The van der Waals surface area contributed by atoms with Crippen LogP contribution in [0, 0.1) is 10.1 Å². The first kappa shape index (κ1) is 20.6. The normalized spacial score (nSPS) is 14.6. The van der Waals surface area contributed by atoms with Crippen LogP contribution >= 0.6 is 0 Å². The number of ether oxygens (including phenoxy) is 4. The summed E-state index contributed by atoms with van der Waals surface area (Å²) in [5.41, 5.74) is 1.15. The second kappa shape index (κ2) is 8.91. The molecule has 0 aliphatic carbocycles. The minimum atomic E-state index is -0.634. The van der Waals surface area contributed by atoms with Crippen molar-refractivity contribution in [3.05, 3.63) is 69.4 Å². The molecule has 9 nitrogen and oxygen atoms in total. The standard InChI is InChI=1S/C21H18N2O7/c1-27-17-12-19(29-3)18(28-2)11-14(17)10-16-21(24)30-20(22-16)8-7-13-5-4-6-15(9-13)23(25)26/h4-12H,1-3H3/b8-7+,16-10-. The Morgan fingerprint density at radius 1 is 1.00 bits per heavy atom. The van der Waals surface area contributed by atoms with Gasteiger partial charge < -0.3 is 18.9 Å². The van der Waals surface area contributed by atoms with Crippen LogP contribution in [0.2, 0.25) is 0 Å². The molecule has 0 radical (unpaired) electrons. The molecule has 0 saturated carbocycles. The van der Waals surface area contributed by atoms with Crippen molar-refractivity contribution in [3.63, 3.8) is 0 Å². The monoisotopic (exact) mass is 410 g/mol. The number of nitro groups is 1. The molecule has 1 aliphatic rings. The summed E-state index contributed by atoms with van der Waals surface area (Å²) in [4.78, 5) is 26.7. The zero-order valence-electron chi connectivity index (χ0n) is 16.4. The van der Waals surface area contributed by atoms with Crippen molar-refractivity contribution in [2.45, 2.75) is 0 Å². The lowest BCUT2D eigenvalue weighted by Crippen LogP contribution is -2.01. The lowest BCUT2D eigenvalue weighted by atomic mass is 10.1. The third-order valence-electron chi connectivity index (χ3n) is 4.16. The van der Waals surface area contributed by atoms with Gasteiger partial charge in [0.25, 0.3) is 5.69 Å². The average Bonchev–Trinajstić information content (AvgIpc) is 3.11. The molecule has 0 spiro atoms. The Labute approximate surface area is 172 Å². The highest BCUT2D eigenvalue weighted by Crippen LogP contribution is 2.36. The van der Waals surface area contributed by atoms with Crippen molar-refractivity contribution in [1.29, 1.82) is 0 Å². The molecule has 0 atom stereocenters. The minimum Gasteiger partial charge on any atom is -0.496 e. The molecular formula is C21H18N2O7. The van der Waals surface area contributed by atoms with Crippen LogP contribution in [0.3, 0.4) is 0 Å². The Balaban J connectivity index is 1.89. The van der Waals surface area contributed by atoms with Gasteiger partial charge >= 0.3 is 5.97 Å². The van der Waals surface area contributed by atoms with E-state index in [1.54, 1.807) is 30.3 Å². The molecule has 0 unspecified atom stereocenters. The number of nitro benzene ring substituents is 1. The SMILES string of the molecule is COc1cc(OC)c(OC)cc1/C=C1N=C(/C=C/c2cccc([N+](=O)[O-])c2)OC\1=O. The van der Waals surface area contributed by atoms with Gasteiger partial charge in [0, 0.05) is 29.8 Å². The average molecular weight is 410 g/mol. The molecule has 0 amide bonds. The highest BCUT2D eigenvalue weighted by molar-refractivity contribution is 6.11. The Morgan fingerprint density at radius 3 is 2.37 bits per heavy atom. The van der Waals surface area contributed by atoms with Gasteiger partial charge in [-0.1, -0.05) is 12.1 Å². The van der Waals surface area contributed by atoms with Gasteiger partial charge in [0.15, 0.2) is 17.2 Å². The number of methoxy groups -OCH3 is 3. The van der Waals surface area contributed by atoms with Gasteiger partial charge in [-0.2, -0.15) is 0 Å². The molecule has 154 valence electrons. The topological polar surface area (TPSA) is 109 Å². The van der Waals surface area contributed by atoms with Gasteiger partial charge in [-0.3, -0.25) is 10.1 Å². The van der Waals surface area contributed by atoms with Crippen LogP contribution in [0.25, 0.3) is 12.2 Å². The van der Waals surface area contributed by atoms with Crippen molar-refractivity contribution in [1.82, 2.24) is 0 Å². The number of aliphatic imine (C=N–C) groups is 1. The molecule has 0 saturated heterocycles. The Bertz CT molecular complexity index is 1090. The van der Waals surface area contributed by atoms with E-state index in [2.05, 4.69) is 4.99 Å². The number of non-ortho nitro benzene ring substituents is 1. The van der Waals surface area contributed by atoms with Crippen molar-refractivity contribution in [2.24, 2.45) is 4.99 Å². The van der Waals surface area contributed by atoms with Crippen LogP contribution in [0.15, 0.2) is 53.2 Å². The summed E-state index contributed by atoms with van der Waals surface area (Å²) in [7, 11) is 4.50. The molecule has 2 aromatic rings. The minimum absolute atomic E-state index is 0.0383. The number of cyclic esters (lactones) is 1. The van der Waals surface area contributed by atoms with Gasteiger partial charge in [-0.25, -0.2) is 9.79 Å². The summed E-state index contributed by atoms with van der Waals surface area (Å²) < 4.78 is 21.0. The first-order chi connectivity index (χ1) is 14.4. The van der Waals surface area contributed by atoms with E-state index >= 15 is 0 Å². The molecule has 1 aliphatic heterocycles. The highest BCUT2D eigenvalue weighted by Gasteiger charge is 2.22. The number of nitrogens with zero attached hydrogens (tertiary/aromatic N) is 2. The largest absolute Gasteiger partial charge is 0.496 e. The Morgan fingerprint density at radius 2 is 1.70 bits per heavy atom.